The van der Waals surface area contributed by atoms with Gasteiger partial charge in [-0.1, -0.05) is 12.1 Å². The second-order valence-corrected chi connectivity index (χ2v) is 3.81. The third-order valence-electron chi connectivity index (χ3n) is 1.49. The van der Waals surface area contributed by atoms with Crippen LogP contribution in [0, 0.1) is 7.11 Å². The summed E-state index contributed by atoms with van der Waals surface area (Å²) >= 11 is 0. The Morgan fingerprint density at radius 3 is 2.46 bits per heavy atom. The van der Waals surface area contributed by atoms with E-state index in [4.69, 9.17) is 4.74 Å². The van der Waals surface area contributed by atoms with Crippen LogP contribution < -0.4 is 4.74 Å². The van der Waals surface area contributed by atoms with Gasteiger partial charge in [0.1, 0.15) is 10.6 Å². The Labute approximate surface area is 77.2 Å². The molecule has 0 aliphatic heterocycles. The fourth-order valence-electron chi connectivity index (χ4n) is 0.889. The highest BCUT2D eigenvalue weighted by molar-refractivity contribution is 7.86. The molecule has 0 fully saturated rings. The fourth-order valence-corrected chi connectivity index (χ4v) is 1.66. The van der Waals surface area contributed by atoms with Gasteiger partial charge in [-0.15, -0.1) is 0 Å². The second-order valence-electron chi connectivity index (χ2n) is 2.22. The normalized spacial score (nSPS) is 11.2. The summed E-state index contributed by atoms with van der Waals surface area (Å²) in [5.41, 5.74) is 0. The molecule has 1 aromatic rings. The van der Waals surface area contributed by atoms with E-state index in [1.54, 1.807) is 12.1 Å². The number of methoxy groups -OCH3 is 1. The first-order valence-corrected chi connectivity index (χ1v) is 4.84. The predicted octanol–water partition coefficient (Wildman–Crippen LogP) is 1.19. The quantitative estimate of drug-likeness (QED) is 0.689. The Bertz CT molecular complexity index is 383. The topological polar surface area (TPSA) is 52.6 Å². The van der Waals surface area contributed by atoms with Crippen LogP contribution in [0.4, 0.5) is 0 Å². The molecule has 0 aliphatic carbocycles. The first-order valence-electron chi connectivity index (χ1n) is 3.43. The Hall–Kier alpha value is -1.07. The summed E-state index contributed by atoms with van der Waals surface area (Å²) in [5.74, 6) is 0.242. The van der Waals surface area contributed by atoms with E-state index in [2.05, 4.69) is 11.3 Å². The molecule has 0 atom stereocenters. The number of rotatable bonds is 3. The molecule has 0 bridgehead atoms. The SMILES string of the molecule is [CH2]OS(=O)(=O)c1ccccc1OC. The van der Waals surface area contributed by atoms with Crippen molar-refractivity contribution in [1.29, 1.82) is 0 Å². The second kappa shape index (κ2) is 3.76. The van der Waals surface area contributed by atoms with Gasteiger partial charge in [0.15, 0.2) is 0 Å². The lowest BCUT2D eigenvalue weighted by Crippen LogP contribution is -2.03. The van der Waals surface area contributed by atoms with Gasteiger partial charge in [-0.25, -0.2) is 0 Å². The van der Waals surface area contributed by atoms with Crippen molar-refractivity contribution in [3.63, 3.8) is 0 Å². The summed E-state index contributed by atoms with van der Waals surface area (Å²) in [5, 5.41) is 0. The maximum absolute atomic E-state index is 11.2. The Morgan fingerprint density at radius 2 is 1.92 bits per heavy atom. The van der Waals surface area contributed by atoms with E-state index in [0.717, 1.165) is 0 Å². The predicted molar refractivity (Wildman–Crippen MR) is 46.6 cm³/mol. The summed E-state index contributed by atoms with van der Waals surface area (Å²) in [6, 6.07) is 6.17. The van der Waals surface area contributed by atoms with Gasteiger partial charge in [-0.3, -0.25) is 4.18 Å². The molecule has 13 heavy (non-hydrogen) atoms. The zero-order chi connectivity index (χ0) is 9.90. The molecule has 71 valence electrons. The first-order chi connectivity index (χ1) is 6.11. The molecule has 1 aromatic carbocycles. The summed E-state index contributed by atoms with van der Waals surface area (Å²) in [4.78, 5) is -0.0208. The first kappa shape index (κ1) is 10.0. The van der Waals surface area contributed by atoms with Crippen LogP contribution in [0.1, 0.15) is 0 Å². The van der Waals surface area contributed by atoms with E-state index in [1.807, 2.05) is 0 Å². The van der Waals surface area contributed by atoms with Crippen LogP contribution in [0.15, 0.2) is 29.2 Å². The van der Waals surface area contributed by atoms with Crippen molar-refractivity contribution in [2.45, 2.75) is 4.90 Å². The summed E-state index contributed by atoms with van der Waals surface area (Å²) in [6.45, 7) is 0. The van der Waals surface area contributed by atoms with E-state index in [9.17, 15) is 8.42 Å². The molecule has 0 unspecified atom stereocenters. The van der Waals surface area contributed by atoms with Gasteiger partial charge in [-0.05, 0) is 12.1 Å². The molecular weight excluding hydrogens is 192 g/mol. The minimum atomic E-state index is -3.78. The number of ether oxygens (including phenoxy) is 1. The molecule has 0 saturated carbocycles. The average molecular weight is 201 g/mol. The Balaban J connectivity index is 3.29. The van der Waals surface area contributed by atoms with Gasteiger partial charge in [0.2, 0.25) is 0 Å². The standard InChI is InChI=1S/C8H9O4S/c1-11-7-5-3-4-6-8(7)13(9,10)12-2/h3-6H,2H2,1H3. The van der Waals surface area contributed by atoms with Gasteiger partial charge in [0, 0.05) is 0 Å². The highest BCUT2D eigenvalue weighted by atomic mass is 32.2. The van der Waals surface area contributed by atoms with Crippen LogP contribution in [0.25, 0.3) is 0 Å². The monoisotopic (exact) mass is 201 g/mol. The minimum Gasteiger partial charge on any atom is -0.495 e. The van der Waals surface area contributed by atoms with Gasteiger partial charge in [0.25, 0.3) is 0 Å². The molecule has 0 spiro atoms. The molecule has 0 heterocycles. The lowest BCUT2D eigenvalue weighted by molar-refractivity contribution is 0.392. The molecular formula is C8H9O4S. The number of hydrogen-bond acceptors (Lipinski definition) is 4. The van der Waals surface area contributed by atoms with Crippen molar-refractivity contribution in [1.82, 2.24) is 0 Å². The van der Waals surface area contributed by atoms with Crippen molar-refractivity contribution < 1.29 is 17.3 Å². The largest absolute Gasteiger partial charge is 0.495 e. The van der Waals surface area contributed by atoms with Crippen molar-refractivity contribution in [3.05, 3.63) is 31.4 Å². The lowest BCUT2D eigenvalue weighted by Gasteiger charge is -2.06. The van der Waals surface area contributed by atoms with Crippen LogP contribution in [0.2, 0.25) is 0 Å². The van der Waals surface area contributed by atoms with Gasteiger partial charge < -0.3 is 4.74 Å². The van der Waals surface area contributed by atoms with E-state index < -0.39 is 10.1 Å². The number of benzene rings is 1. The lowest BCUT2D eigenvalue weighted by atomic mass is 10.3. The van der Waals surface area contributed by atoms with Crippen molar-refractivity contribution in [2.24, 2.45) is 0 Å². The molecule has 0 aromatic heterocycles. The average Bonchev–Trinajstić information content (AvgIpc) is 2.18. The summed E-state index contributed by atoms with van der Waals surface area (Å²) in [7, 11) is 0.475. The Morgan fingerprint density at radius 1 is 1.31 bits per heavy atom. The Kier molecular flexibility index (Phi) is 2.90. The minimum absolute atomic E-state index is 0.0208. The van der Waals surface area contributed by atoms with E-state index in [1.165, 1.54) is 19.2 Å². The van der Waals surface area contributed by atoms with Crippen molar-refractivity contribution in [2.75, 3.05) is 7.11 Å². The zero-order valence-corrected chi connectivity index (χ0v) is 7.87. The third kappa shape index (κ3) is 1.99. The molecule has 1 radical (unpaired) electrons. The molecule has 4 nitrogen and oxygen atoms in total. The van der Waals surface area contributed by atoms with E-state index in [0.29, 0.717) is 0 Å². The highest BCUT2D eigenvalue weighted by Gasteiger charge is 2.17. The molecule has 5 heteroatoms. The van der Waals surface area contributed by atoms with E-state index >= 15 is 0 Å². The van der Waals surface area contributed by atoms with Crippen molar-refractivity contribution in [3.8, 4) is 5.75 Å². The van der Waals surface area contributed by atoms with Gasteiger partial charge in [0.05, 0.1) is 14.2 Å². The third-order valence-corrected chi connectivity index (χ3v) is 2.68. The maximum atomic E-state index is 11.2. The van der Waals surface area contributed by atoms with Crippen LogP contribution >= 0.6 is 0 Å². The van der Waals surface area contributed by atoms with Crippen LogP contribution in [-0.2, 0) is 14.3 Å². The van der Waals surface area contributed by atoms with Crippen LogP contribution in [0.3, 0.4) is 0 Å². The van der Waals surface area contributed by atoms with Crippen LogP contribution in [-0.4, -0.2) is 15.5 Å². The molecule has 0 aliphatic rings. The molecule has 0 N–H and O–H groups in total. The van der Waals surface area contributed by atoms with E-state index in [-0.39, 0.29) is 10.6 Å². The number of para-hydroxylation sites is 1. The smallest absolute Gasteiger partial charge is 0.300 e. The molecule has 1 rings (SSSR count). The fraction of sp³-hybridized carbons (Fsp3) is 0.125. The zero-order valence-electron chi connectivity index (χ0n) is 7.06. The summed E-state index contributed by atoms with van der Waals surface area (Å²) < 4.78 is 31.4. The molecule has 0 amide bonds. The van der Waals surface area contributed by atoms with Crippen molar-refractivity contribution >= 4 is 10.1 Å². The molecule has 0 saturated heterocycles. The van der Waals surface area contributed by atoms with Gasteiger partial charge >= 0.3 is 10.1 Å². The highest BCUT2D eigenvalue weighted by Crippen LogP contribution is 2.23. The number of hydrogen-bond donors (Lipinski definition) is 0. The van der Waals surface area contributed by atoms with Gasteiger partial charge in [-0.2, -0.15) is 8.42 Å². The maximum Gasteiger partial charge on any atom is 0.300 e. The summed E-state index contributed by atoms with van der Waals surface area (Å²) in [6.07, 6.45) is 0. The van der Waals surface area contributed by atoms with Crippen LogP contribution in [0.5, 0.6) is 5.75 Å².